The topological polar surface area (TPSA) is 58.2 Å². The molecule has 108 valence electrons. The maximum Gasteiger partial charge on any atom is 0.251 e. The van der Waals surface area contributed by atoms with Crippen molar-refractivity contribution < 1.29 is 9.59 Å². The first kappa shape index (κ1) is 14.8. The van der Waals surface area contributed by atoms with Crippen molar-refractivity contribution in [2.75, 3.05) is 6.54 Å². The first-order valence-electron chi connectivity index (χ1n) is 6.80. The summed E-state index contributed by atoms with van der Waals surface area (Å²) in [6.45, 7) is 2.44. The highest BCUT2D eigenvalue weighted by atomic mass is 16.2. The van der Waals surface area contributed by atoms with Crippen LogP contribution in [0.25, 0.3) is 0 Å². The molecule has 0 saturated carbocycles. The lowest BCUT2D eigenvalue weighted by Crippen LogP contribution is -2.36. The van der Waals surface area contributed by atoms with Gasteiger partial charge in [0, 0.05) is 12.1 Å². The molecule has 0 fully saturated rings. The number of nitrogens with one attached hydrogen (secondary N) is 2. The van der Waals surface area contributed by atoms with Crippen LogP contribution in [0.3, 0.4) is 0 Å². The molecule has 21 heavy (non-hydrogen) atoms. The quantitative estimate of drug-likeness (QED) is 0.881. The van der Waals surface area contributed by atoms with Gasteiger partial charge in [0.05, 0.1) is 6.54 Å². The molecule has 0 saturated heterocycles. The predicted octanol–water partition coefficient (Wildman–Crippen LogP) is 2.04. The van der Waals surface area contributed by atoms with Gasteiger partial charge in [0.15, 0.2) is 0 Å². The number of carbonyl (C=O) groups is 2. The molecule has 0 radical (unpaired) electrons. The molecule has 4 heteroatoms. The molecule has 0 atom stereocenters. The van der Waals surface area contributed by atoms with Crippen LogP contribution in [0.1, 0.15) is 21.5 Å². The molecule has 0 bridgehead atoms. The molecule has 0 aromatic heterocycles. The Hall–Kier alpha value is -2.62. The fourth-order valence-electron chi connectivity index (χ4n) is 1.94. The van der Waals surface area contributed by atoms with Gasteiger partial charge in [-0.3, -0.25) is 9.59 Å². The van der Waals surface area contributed by atoms with Gasteiger partial charge < -0.3 is 10.6 Å². The molecule has 0 spiro atoms. The van der Waals surface area contributed by atoms with Crippen molar-refractivity contribution in [3.05, 3.63) is 71.3 Å². The van der Waals surface area contributed by atoms with Crippen molar-refractivity contribution in [2.24, 2.45) is 0 Å². The lowest BCUT2D eigenvalue weighted by Gasteiger charge is -2.07. The summed E-state index contributed by atoms with van der Waals surface area (Å²) in [5, 5.41) is 5.37. The van der Waals surface area contributed by atoms with Gasteiger partial charge in [-0.1, -0.05) is 48.0 Å². The highest BCUT2D eigenvalue weighted by Gasteiger charge is 2.07. The average molecular weight is 282 g/mol. The molecule has 2 aromatic carbocycles. The number of amides is 2. The maximum absolute atomic E-state index is 11.8. The summed E-state index contributed by atoms with van der Waals surface area (Å²) in [6.07, 6.45) is 0. The molecule has 0 aliphatic carbocycles. The summed E-state index contributed by atoms with van der Waals surface area (Å²) in [6, 6.07) is 16.8. The first-order chi connectivity index (χ1) is 10.1. The molecule has 2 N–H and O–H groups in total. The Morgan fingerprint density at radius 1 is 0.952 bits per heavy atom. The monoisotopic (exact) mass is 282 g/mol. The fourth-order valence-corrected chi connectivity index (χ4v) is 1.94. The van der Waals surface area contributed by atoms with Gasteiger partial charge in [-0.2, -0.15) is 0 Å². The number of aryl methyl sites for hydroxylation is 1. The zero-order valence-corrected chi connectivity index (χ0v) is 11.9. The molecule has 2 amide bonds. The van der Waals surface area contributed by atoms with Crippen LogP contribution in [-0.2, 0) is 11.3 Å². The van der Waals surface area contributed by atoms with E-state index in [1.165, 1.54) is 0 Å². The molecule has 0 aliphatic rings. The largest absolute Gasteiger partial charge is 0.350 e. The van der Waals surface area contributed by atoms with E-state index in [0.29, 0.717) is 12.1 Å². The molecule has 0 unspecified atom stereocenters. The van der Waals surface area contributed by atoms with Gasteiger partial charge in [-0.25, -0.2) is 0 Å². The molecule has 0 aliphatic heterocycles. The Kier molecular flexibility index (Phi) is 5.10. The summed E-state index contributed by atoms with van der Waals surface area (Å²) in [5.74, 6) is -0.456. The zero-order chi connectivity index (χ0) is 15.1. The number of rotatable bonds is 5. The minimum Gasteiger partial charge on any atom is -0.350 e. The van der Waals surface area contributed by atoms with E-state index in [1.807, 2.05) is 37.3 Å². The van der Waals surface area contributed by atoms with Gasteiger partial charge in [-0.15, -0.1) is 0 Å². The van der Waals surface area contributed by atoms with Crippen LogP contribution >= 0.6 is 0 Å². The molecular formula is C17H18N2O2. The van der Waals surface area contributed by atoms with Crippen LogP contribution in [0.4, 0.5) is 0 Å². The Bertz CT molecular complexity index is 624. The minimum atomic E-state index is -0.249. The van der Waals surface area contributed by atoms with E-state index in [4.69, 9.17) is 0 Å². The van der Waals surface area contributed by atoms with E-state index in [9.17, 15) is 9.59 Å². The second-order valence-corrected chi connectivity index (χ2v) is 4.81. The maximum atomic E-state index is 11.8. The Balaban J connectivity index is 1.76. The highest BCUT2D eigenvalue weighted by molar-refractivity contribution is 5.96. The molecule has 2 rings (SSSR count). The Morgan fingerprint density at radius 2 is 1.71 bits per heavy atom. The van der Waals surface area contributed by atoms with Crippen LogP contribution in [-0.4, -0.2) is 18.4 Å². The van der Waals surface area contributed by atoms with Crippen LogP contribution in [0.2, 0.25) is 0 Å². The van der Waals surface area contributed by atoms with Gasteiger partial charge in [0.25, 0.3) is 5.91 Å². The second kappa shape index (κ2) is 7.24. The average Bonchev–Trinajstić information content (AvgIpc) is 2.51. The third-order valence-electron chi connectivity index (χ3n) is 3.02. The van der Waals surface area contributed by atoms with Crippen molar-refractivity contribution in [3.8, 4) is 0 Å². The molecular weight excluding hydrogens is 264 g/mol. The van der Waals surface area contributed by atoms with E-state index in [0.717, 1.165) is 11.1 Å². The number of carbonyl (C=O) groups excluding carboxylic acids is 2. The summed E-state index contributed by atoms with van der Waals surface area (Å²) in [7, 11) is 0. The summed E-state index contributed by atoms with van der Waals surface area (Å²) in [5.41, 5.74) is 2.74. The van der Waals surface area contributed by atoms with Gasteiger partial charge in [-0.05, 0) is 24.6 Å². The van der Waals surface area contributed by atoms with Crippen molar-refractivity contribution >= 4 is 11.8 Å². The standard InChI is InChI=1S/C17H18N2O2/c1-13-6-5-7-14(10-13)11-18-16(20)12-19-17(21)15-8-3-2-4-9-15/h2-10H,11-12H2,1H3,(H,18,20)(H,19,21). The fraction of sp³-hybridized carbons (Fsp3) is 0.176. The van der Waals surface area contributed by atoms with Crippen molar-refractivity contribution in [3.63, 3.8) is 0 Å². The summed E-state index contributed by atoms with van der Waals surface area (Å²) >= 11 is 0. The van der Waals surface area contributed by atoms with E-state index < -0.39 is 0 Å². The highest BCUT2D eigenvalue weighted by Crippen LogP contribution is 2.03. The van der Waals surface area contributed by atoms with Crippen LogP contribution in [0, 0.1) is 6.92 Å². The molecule has 0 heterocycles. The van der Waals surface area contributed by atoms with Gasteiger partial charge >= 0.3 is 0 Å². The Labute approximate surface area is 124 Å². The van der Waals surface area contributed by atoms with Crippen molar-refractivity contribution in [2.45, 2.75) is 13.5 Å². The van der Waals surface area contributed by atoms with E-state index in [-0.39, 0.29) is 18.4 Å². The normalized spacial score (nSPS) is 9.95. The lowest BCUT2D eigenvalue weighted by molar-refractivity contribution is -0.120. The third-order valence-corrected chi connectivity index (χ3v) is 3.02. The number of benzene rings is 2. The summed E-state index contributed by atoms with van der Waals surface area (Å²) < 4.78 is 0. The lowest BCUT2D eigenvalue weighted by atomic mass is 10.1. The minimum absolute atomic E-state index is 0.0282. The van der Waals surface area contributed by atoms with Gasteiger partial charge in [0.1, 0.15) is 0 Å². The smallest absolute Gasteiger partial charge is 0.251 e. The molecule has 4 nitrogen and oxygen atoms in total. The Morgan fingerprint density at radius 3 is 2.43 bits per heavy atom. The van der Waals surface area contributed by atoms with Gasteiger partial charge in [0.2, 0.25) is 5.91 Å². The number of hydrogen-bond donors (Lipinski definition) is 2. The third kappa shape index (κ3) is 4.76. The summed E-state index contributed by atoms with van der Waals surface area (Å²) in [4.78, 5) is 23.5. The SMILES string of the molecule is Cc1cccc(CNC(=O)CNC(=O)c2ccccc2)c1. The first-order valence-corrected chi connectivity index (χ1v) is 6.80. The zero-order valence-electron chi connectivity index (χ0n) is 11.9. The van der Waals surface area contributed by atoms with Crippen LogP contribution in [0.15, 0.2) is 54.6 Å². The van der Waals surface area contributed by atoms with Crippen molar-refractivity contribution in [1.82, 2.24) is 10.6 Å². The van der Waals surface area contributed by atoms with Crippen molar-refractivity contribution in [1.29, 1.82) is 0 Å². The van der Waals surface area contributed by atoms with E-state index >= 15 is 0 Å². The van der Waals surface area contributed by atoms with Crippen LogP contribution < -0.4 is 10.6 Å². The van der Waals surface area contributed by atoms with E-state index in [1.54, 1.807) is 24.3 Å². The van der Waals surface area contributed by atoms with E-state index in [2.05, 4.69) is 10.6 Å². The molecule has 2 aromatic rings. The number of hydrogen-bond acceptors (Lipinski definition) is 2. The van der Waals surface area contributed by atoms with Crippen LogP contribution in [0.5, 0.6) is 0 Å². The predicted molar refractivity (Wildman–Crippen MR) is 81.8 cm³/mol. The second-order valence-electron chi connectivity index (χ2n) is 4.81.